The van der Waals surface area contributed by atoms with Gasteiger partial charge in [-0.2, -0.15) is 0 Å². The van der Waals surface area contributed by atoms with Gasteiger partial charge in [0.15, 0.2) is 0 Å². The van der Waals surface area contributed by atoms with Gasteiger partial charge in [-0.25, -0.2) is 0 Å². The molecule has 0 saturated heterocycles. The lowest BCUT2D eigenvalue weighted by molar-refractivity contribution is 0.0891. The molecule has 18 heavy (non-hydrogen) atoms. The molecule has 0 aromatic carbocycles. The fourth-order valence-corrected chi connectivity index (χ4v) is 1.72. The second kappa shape index (κ2) is 6.35. The zero-order valence-electron chi connectivity index (χ0n) is 11.0. The van der Waals surface area contributed by atoms with Gasteiger partial charge in [0.25, 0.3) is 11.5 Å². The van der Waals surface area contributed by atoms with E-state index in [9.17, 15) is 14.7 Å². The Morgan fingerprint density at radius 2 is 2.11 bits per heavy atom. The number of pyridine rings is 1. The van der Waals surface area contributed by atoms with Gasteiger partial charge in [0.2, 0.25) is 0 Å². The van der Waals surface area contributed by atoms with Crippen molar-refractivity contribution in [1.82, 2.24) is 9.88 Å². The standard InChI is InChI=1S/C13H20N2O3/c1-9(2)7-10(16)8-14-13(18)11-5-4-6-12(17)15(11)3/h4-6,9-10,16H,7-8H2,1-3H3,(H,14,18). The molecule has 0 fully saturated rings. The molecule has 0 aliphatic heterocycles. The van der Waals surface area contributed by atoms with E-state index >= 15 is 0 Å². The lowest BCUT2D eigenvalue weighted by atomic mass is 10.1. The van der Waals surface area contributed by atoms with Crippen LogP contribution in [-0.2, 0) is 7.05 Å². The van der Waals surface area contributed by atoms with Crippen molar-refractivity contribution in [2.45, 2.75) is 26.4 Å². The van der Waals surface area contributed by atoms with Crippen LogP contribution < -0.4 is 10.9 Å². The number of nitrogens with zero attached hydrogens (tertiary/aromatic N) is 1. The van der Waals surface area contributed by atoms with E-state index in [1.165, 1.54) is 10.6 Å². The predicted molar refractivity (Wildman–Crippen MR) is 69.5 cm³/mol. The molecule has 0 aliphatic rings. The van der Waals surface area contributed by atoms with Gasteiger partial charge in [-0.1, -0.05) is 19.9 Å². The lowest BCUT2D eigenvalue weighted by Crippen LogP contribution is -2.35. The highest BCUT2D eigenvalue weighted by atomic mass is 16.3. The number of aliphatic hydroxyl groups excluding tert-OH is 1. The Labute approximate surface area is 106 Å². The molecule has 0 saturated carbocycles. The van der Waals surface area contributed by atoms with Gasteiger partial charge in [-0.3, -0.25) is 9.59 Å². The molecule has 2 N–H and O–H groups in total. The van der Waals surface area contributed by atoms with Crippen molar-refractivity contribution in [1.29, 1.82) is 0 Å². The van der Waals surface area contributed by atoms with E-state index in [0.29, 0.717) is 18.0 Å². The Bertz CT molecular complexity index is 466. The van der Waals surface area contributed by atoms with Crippen LogP contribution in [0.4, 0.5) is 0 Å². The third-order valence-electron chi connectivity index (χ3n) is 2.66. The molecular formula is C13H20N2O3. The smallest absolute Gasteiger partial charge is 0.268 e. The number of carbonyl (C=O) groups excluding carboxylic acids is 1. The Morgan fingerprint density at radius 3 is 2.72 bits per heavy atom. The first-order chi connectivity index (χ1) is 8.41. The van der Waals surface area contributed by atoms with Crippen LogP contribution in [0.2, 0.25) is 0 Å². The van der Waals surface area contributed by atoms with Crippen LogP contribution in [0.15, 0.2) is 23.0 Å². The number of rotatable bonds is 5. The van der Waals surface area contributed by atoms with Crippen LogP contribution in [-0.4, -0.2) is 28.2 Å². The normalized spacial score (nSPS) is 12.5. The number of carbonyl (C=O) groups is 1. The molecule has 0 bridgehead atoms. The second-order valence-electron chi connectivity index (χ2n) is 4.80. The molecule has 5 heteroatoms. The van der Waals surface area contributed by atoms with Crippen molar-refractivity contribution in [2.75, 3.05) is 6.54 Å². The molecular weight excluding hydrogens is 232 g/mol. The molecule has 1 aromatic heterocycles. The van der Waals surface area contributed by atoms with E-state index in [-0.39, 0.29) is 18.0 Å². The molecule has 1 heterocycles. The van der Waals surface area contributed by atoms with Gasteiger partial charge >= 0.3 is 0 Å². The third kappa shape index (κ3) is 4.00. The topological polar surface area (TPSA) is 71.3 Å². The highest BCUT2D eigenvalue weighted by molar-refractivity contribution is 5.92. The summed E-state index contributed by atoms with van der Waals surface area (Å²) < 4.78 is 1.28. The van der Waals surface area contributed by atoms with Gasteiger partial charge in [-0.15, -0.1) is 0 Å². The van der Waals surface area contributed by atoms with Gasteiger partial charge in [0.05, 0.1) is 6.10 Å². The molecule has 1 unspecified atom stereocenters. The largest absolute Gasteiger partial charge is 0.391 e. The number of hydrogen-bond acceptors (Lipinski definition) is 3. The Morgan fingerprint density at radius 1 is 1.44 bits per heavy atom. The first kappa shape index (κ1) is 14.4. The number of aromatic nitrogens is 1. The summed E-state index contributed by atoms with van der Waals surface area (Å²) in [5, 5.41) is 12.3. The summed E-state index contributed by atoms with van der Waals surface area (Å²) in [5.74, 6) is 0.0241. The van der Waals surface area contributed by atoms with Crippen molar-refractivity contribution in [3.8, 4) is 0 Å². The first-order valence-corrected chi connectivity index (χ1v) is 6.04. The molecule has 1 rings (SSSR count). The lowest BCUT2D eigenvalue weighted by Gasteiger charge is -2.14. The van der Waals surface area contributed by atoms with Crippen molar-refractivity contribution >= 4 is 5.91 Å². The number of nitrogens with one attached hydrogen (secondary N) is 1. The van der Waals surface area contributed by atoms with Crippen LogP contribution in [0.5, 0.6) is 0 Å². The molecule has 1 amide bonds. The average molecular weight is 252 g/mol. The molecule has 0 aliphatic carbocycles. The molecule has 1 atom stereocenters. The summed E-state index contributed by atoms with van der Waals surface area (Å²) in [6, 6.07) is 4.51. The van der Waals surface area contributed by atoms with Crippen LogP contribution in [0, 0.1) is 5.92 Å². The highest BCUT2D eigenvalue weighted by Crippen LogP contribution is 2.03. The van der Waals surface area contributed by atoms with E-state index in [4.69, 9.17) is 0 Å². The Balaban J connectivity index is 2.61. The molecule has 0 radical (unpaired) electrons. The summed E-state index contributed by atoms with van der Waals surface area (Å²) in [6.45, 7) is 4.21. The SMILES string of the molecule is CC(C)CC(O)CNC(=O)c1cccc(=O)n1C. The average Bonchev–Trinajstić information content (AvgIpc) is 2.29. The van der Waals surface area contributed by atoms with Crippen molar-refractivity contribution in [3.63, 3.8) is 0 Å². The third-order valence-corrected chi connectivity index (χ3v) is 2.66. The first-order valence-electron chi connectivity index (χ1n) is 6.04. The summed E-state index contributed by atoms with van der Waals surface area (Å²) in [4.78, 5) is 23.2. The maximum absolute atomic E-state index is 11.8. The minimum absolute atomic E-state index is 0.195. The fourth-order valence-electron chi connectivity index (χ4n) is 1.72. The molecule has 100 valence electrons. The van der Waals surface area contributed by atoms with E-state index in [1.54, 1.807) is 19.2 Å². The van der Waals surface area contributed by atoms with Crippen molar-refractivity contribution in [3.05, 3.63) is 34.2 Å². The monoisotopic (exact) mass is 252 g/mol. The van der Waals surface area contributed by atoms with E-state index < -0.39 is 6.10 Å². The predicted octanol–water partition coefficient (Wildman–Crippen LogP) is 0.522. The minimum atomic E-state index is -0.560. The summed E-state index contributed by atoms with van der Waals surface area (Å²) in [7, 11) is 1.54. The fraction of sp³-hybridized carbons (Fsp3) is 0.538. The summed E-state index contributed by atoms with van der Waals surface area (Å²) in [5.41, 5.74) is 0.0598. The van der Waals surface area contributed by atoms with Crippen LogP contribution in [0.3, 0.4) is 0 Å². The summed E-state index contributed by atoms with van der Waals surface area (Å²) >= 11 is 0. The van der Waals surface area contributed by atoms with E-state index in [1.807, 2.05) is 13.8 Å². The highest BCUT2D eigenvalue weighted by Gasteiger charge is 2.12. The molecule has 0 spiro atoms. The van der Waals surface area contributed by atoms with Crippen molar-refractivity contribution in [2.24, 2.45) is 13.0 Å². The maximum Gasteiger partial charge on any atom is 0.268 e. The molecule has 1 aromatic rings. The number of hydrogen-bond donors (Lipinski definition) is 2. The van der Waals surface area contributed by atoms with Crippen LogP contribution in [0.25, 0.3) is 0 Å². The van der Waals surface area contributed by atoms with Crippen LogP contribution >= 0.6 is 0 Å². The number of aliphatic hydroxyl groups is 1. The van der Waals surface area contributed by atoms with Gasteiger partial charge in [-0.05, 0) is 18.4 Å². The van der Waals surface area contributed by atoms with Gasteiger partial charge in [0.1, 0.15) is 5.69 Å². The molecule has 5 nitrogen and oxygen atoms in total. The zero-order chi connectivity index (χ0) is 13.7. The quantitative estimate of drug-likeness (QED) is 0.802. The van der Waals surface area contributed by atoms with Gasteiger partial charge < -0.3 is 15.0 Å². The van der Waals surface area contributed by atoms with E-state index in [2.05, 4.69) is 5.32 Å². The number of amides is 1. The zero-order valence-corrected chi connectivity index (χ0v) is 11.0. The Kier molecular flexibility index (Phi) is 5.09. The van der Waals surface area contributed by atoms with Crippen LogP contribution in [0.1, 0.15) is 30.8 Å². The van der Waals surface area contributed by atoms with E-state index in [0.717, 1.165) is 0 Å². The second-order valence-corrected chi connectivity index (χ2v) is 4.80. The summed E-state index contributed by atoms with van der Waals surface area (Å²) in [6.07, 6.45) is 0.0725. The maximum atomic E-state index is 11.8. The van der Waals surface area contributed by atoms with Crippen molar-refractivity contribution < 1.29 is 9.90 Å². The minimum Gasteiger partial charge on any atom is -0.391 e. The van der Waals surface area contributed by atoms with Gasteiger partial charge in [0, 0.05) is 19.7 Å². The Hall–Kier alpha value is -1.62.